The van der Waals surface area contributed by atoms with Gasteiger partial charge in [-0.3, -0.25) is 9.59 Å². The number of carbonyl (C=O) groups is 2. The molecule has 1 fully saturated rings. The van der Waals surface area contributed by atoms with Crippen molar-refractivity contribution in [2.75, 3.05) is 23.9 Å². The number of rotatable bonds is 4. The van der Waals surface area contributed by atoms with Gasteiger partial charge in [-0.25, -0.2) is 0 Å². The molecule has 0 saturated carbocycles. The molecule has 2 amide bonds. The molecule has 3 aromatic rings. The minimum Gasteiger partial charge on any atom is -0.497 e. The Kier molecular flexibility index (Phi) is 4.32. The van der Waals surface area contributed by atoms with E-state index in [9.17, 15) is 9.59 Å². The van der Waals surface area contributed by atoms with Crippen LogP contribution >= 0.6 is 0 Å². The summed E-state index contributed by atoms with van der Waals surface area (Å²) >= 11 is 0. The summed E-state index contributed by atoms with van der Waals surface area (Å²) < 4.78 is 7.16. The molecule has 27 heavy (non-hydrogen) atoms. The maximum atomic E-state index is 12.8. The van der Waals surface area contributed by atoms with Crippen LogP contribution in [-0.4, -0.2) is 30.0 Å². The van der Waals surface area contributed by atoms with Crippen molar-refractivity contribution in [3.63, 3.8) is 0 Å². The molecular formula is C21H21N3O3. The van der Waals surface area contributed by atoms with Crippen molar-refractivity contribution >= 4 is 34.1 Å². The van der Waals surface area contributed by atoms with E-state index >= 15 is 0 Å². The second-order valence-electron chi connectivity index (χ2n) is 6.76. The Bertz CT molecular complexity index is 1010. The van der Waals surface area contributed by atoms with E-state index in [4.69, 9.17) is 4.74 Å². The maximum absolute atomic E-state index is 12.8. The molecular weight excluding hydrogens is 342 g/mol. The van der Waals surface area contributed by atoms with E-state index in [1.807, 2.05) is 66.3 Å². The van der Waals surface area contributed by atoms with E-state index in [0.29, 0.717) is 6.54 Å². The number of aromatic nitrogens is 1. The fourth-order valence-corrected chi connectivity index (χ4v) is 3.54. The highest BCUT2D eigenvalue weighted by atomic mass is 16.5. The fourth-order valence-electron chi connectivity index (χ4n) is 3.54. The summed E-state index contributed by atoms with van der Waals surface area (Å²) in [6, 6.07) is 15.1. The first-order chi connectivity index (χ1) is 13.1. The van der Waals surface area contributed by atoms with Crippen molar-refractivity contribution in [3.05, 3.63) is 54.7 Å². The Morgan fingerprint density at radius 2 is 1.93 bits per heavy atom. The third-order valence-electron chi connectivity index (χ3n) is 5.07. The summed E-state index contributed by atoms with van der Waals surface area (Å²) in [6.45, 7) is 0.377. The summed E-state index contributed by atoms with van der Waals surface area (Å²) in [5, 5.41) is 3.99. The van der Waals surface area contributed by atoms with Crippen molar-refractivity contribution in [2.24, 2.45) is 13.0 Å². The molecule has 138 valence electrons. The Morgan fingerprint density at radius 3 is 2.67 bits per heavy atom. The van der Waals surface area contributed by atoms with E-state index in [-0.39, 0.29) is 24.2 Å². The first-order valence-corrected chi connectivity index (χ1v) is 8.86. The van der Waals surface area contributed by atoms with Crippen LogP contribution in [0.2, 0.25) is 0 Å². The lowest BCUT2D eigenvalue weighted by Gasteiger charge is -2.17. The van der Waals surface area contributed by atoms with E-state index in [1.165, 1.54) is 0 Å². The summed E-state index contributed by atoms with van der Waals surface area (Å²) in [5.74, 6) is 0.183. The molecule has 2 aromatic carbocycles. The first kappa shape index (κ1) is 17.1. The van der Waals surface area contributed by atoms with Gasteiger partial charge in [0.25, 0.3) is 0 Å². The van der Waals surface area contributed by atoms with Crippen LogP contribution < -0.4 is 15.0 Å². The molecule has 0 spiro atoms. The zero-order valence-corrected chi connectivity index (χ0v) is 15.3. The number of carbonyl (C=O) groups excluding carboxylic acids is 2. The predicted octanol–water partition coefficient (Wildman–Crippen LogP) is 3.18. The van der Waals surface area contributed by atoms with Crippen LogP contribution in [0.3, 0.4) is 0 Å². The molecule has 1 aromatic heterocycles. The fraction of sp³-hybridized carbons (Fsp3) is 0.238. The Labute approximate surface area is 157 Å². The number of ether oxygens (including phenoxy) is 1. The topological polar surface area (TPSA) is 63.6 Å². The van der Waals surface area contributed by atoms with Crippen LogP contribution in [0.15, 0.2) is 54.7 Å². The van der Waals surface area contributed by atoms with Gasteiger partial charge in [-0.15, -0.1) is 0 Å². The zero-order chi connectivity index (χ0) is 19.0. The number of fused-ring (bicyclic) bond motifs is 1. The molecule has 1 atom stereocenters. The number of nitrogens with zero attached hydrogens (tertiary/aromatic N) is 2. The number of methoxy groups -OCH3 is 1. The van der Waals surface area contributed by atoms with Gasteiger partial charge in [0.15, 0.2) is 0 Å². The highest BCUT2D eigenvalue weighted by molar-refractivity contribution is 6.06. The highest BCUT2D eigenvalue weighted by Crippen LogP contribution is 2.29. The van der Waals surface area contributed by atoms with Gasteiger partial charge in [0.2, 0.25) is 11.8 Å². The predicted molar refractivity (Wildman–Crippen MR) is 105 cm³/mol. The molecule has 0 aliphatic carbocycles. The average molecular weight is 363 g/mol. The van der Waals surface area contributed by atoms with Crippen LogP contribution in [0.5, 0.6) is 5.75 Å². The van der Waals surface area contributed by atoms with E-state index in [2.05, 4.69) is 5.32 Å². The number of aryl methyl sites for hydroxylation is 1. The Balaban J connectivity index is 1.50. The third-order valence-corrected chi connectivity index (χ3v) is 5.07. The highest BCUT2D eigenvalue weighted by Gasteiger charge is 2.35. The van der Waals surface area contributed by atoms with E-state index in [0.717, 1.165) is 28.0 Å². The first-order valence-electron chi connectivity index (χ1n) is 8.86. The molecule has 1 aliphatic rings. The van der Waals surface area contributed by atoms with Gasteiger partial charge in [-0.05, 0) is 42.5 Å². The quantitative estimate of drug-likeness (QED) is 0.774. The maximum Gasteiger partial charge on any atom is 0.229 e. The molecule has 1 aliphatic heterocycles. The molecule has 1 N–H and O–H groups in total. The SMILES string of the molecule is COc1ccc(N2C[C@@H](C(=O)Nc3cccc4c3ccn4C)CC2=O)cc1. The summed E-state index contributed by atoms with van der Waals surface area (Å²) in [4.78, 5) is 26.9. The molecule has 6 nitrogen and oxygen atoms in total. The second kappa shape index (κ2) is 6.79. The molecule has 4 rings (SSSR count). The smallest absolute Gasteiger partial charge is 0.229 e. The standard InChI is InChI=1S/C21H21N3O3/c1-23-11-10-17-18(4-3-5-19(17)23)22-21(26)14-12-20(25)24(13-14)15-6-8-16(27-2)9-7-15/h3-11,14H,12-13H2,1-2H3,(H,22,26)/t14-/m0/s1. The molecule has 0 unspecified atom stereocenters. The third kappa shape index (κ3) is 3.14. The second-order valence-corrected chi connectivity index (χ2v) is 6.76. The zero-order valence-electron chi connectivity index (χ0n) is 15.3. The van der Waals surface area contributed by atoms with Crippen LogP contribution in [0, 0.1) is 5.92 Å². The van der Waals surface area contributed by atoms with Gasteiger partial charge >= 0.3 is 0 Å². The lowest BCUT2D eigenvalue weighted by atomic mass is 10.1. The number of nitrogens with one attached hydrogen (secondary N) is 1. The molecule has 0 bridgehead atoms. The molecule has 2 heterocycles. The summed E-state index contributed by atoms with van der Waals surface area (Å²) in [6.07, 6.45) is 2.17. The minimum atomic E-state index is -0.376. The minimum absolute atomic E-state index is 0.0433. The average Bonchev–Trinajstić information content (AvgIpc) is 3.26. The van der Waals surface area contributed by atoms with Crippen molar-refractivity contribution in [1.82, 2.24) is 4.57 Å². The monoisotopic (exact) mass is 363 g/mol. The van der Waals surface area contributed by atoms with Gasteiger partial charge in [-0.2, -0.15) is 0 Å². The molecule has 6 heteroatoms. The normalized spacial score (nSPS) is 16.7. The number of benzene rings is 2. The largest absolute Gasteiger partial charge is 0.497 e. The number of amides is 2. The van der Waals surface area contributed by atoms with Crippen molar-refractivity contribution < 1.29 is 14.3 Å². The van der Waals surface area contributed by atoms with Gasteiger partial charge in [0.05, 0.1) is 18.7 Å². The van der Waals surface area contributed by atoms with Crippen LogP contribution in [-0.2, 0) is 16.6 Å². The van der Waals surface area contributed by atoms with Crippen molar-refractivity contribution in [3.8, 4) is 5.75 Å². The van der Waals surface area contributed by atoms with Crippen molar-refractivity contribution in [2.45, 2.75) is 6.42 Å². The van der Waals surface area contributed by atoms with Crippen molar-refractivity contribution in [1.29, 1.82) is 0 Å². The molecule has 1 saturated heterocycles. The van der Waals surface area contributed by atoms with E-state index < -0.39 is 0 Å². The number of hydrogen-bond donors (Lipinski definition) is 1. The van der Waals surface area contributed by atoms with Crippen LogP contribution in [0.25, 0.3) is 10.9 Å². The Morgan fingerprint density at radius 1 is 1.15 bits per heavy atom. The van der Waals surface area contributed by atoms with Gasteiger partial charge < -0.3 is 19.5 Å². The van der Waals surface area contributed by atoms with E-state index in [1.54, 1.807) is 12.0 Å². The lowest BCUT2D eigenvalue weighted by molar-refractivity contribution is -0.122. The van der Waals surface area contributed by atoms with Crippen LogP contribution in [0.4, 0.5) is 11.4 Å². The number of anilines is 2. The Hall–Kier alpha value is -3.28. The lowest BCUT2D eigenvalue weighted by Crippen LogP contribution is -2.28. The van der Waals surface area contributed by atoms with Gasteiger partial charge in [0.1, 0.15) is 5.75 Å². The van der Waals surface area contributed by atoms with Crippen LogP contribution in [0.1, 0.15) is 6.42 Å². The van der Waals surface area contributed by atoms with Gasteiger partial charge in [-0.1, -0.05) is 6.07 Å². The van der Waals surface area contributed by atoms with Gasteiger partial charge in [0, 0.05) is 42.8 Å². The summed E-state index contributed by atoms with van der Waals surface area (Å²) in [7, 11) is 3.57. The number of hydrogen-bond acceptors (Lipinski definition) is 3. The summed E-state index contributed by atoms with van der Waals surface area (Å²) in [5.41, 5.74) is 2.60. The molecule has 0 radical (unpaired) electrons.